The van der Waals surface area contributed by atoms with Crippen LogP contribution in [-0.4, -0.2) is 35.9 Å². The maximum Gasteiger partial charge on any atom is 0.203 e. The number of rotatable bonds is 5. The third-order valence-corrected chi connectivity index (χ3v) is 3.74. The third-order valence-electron chi connectivity index (χ3n) is 3.74. The van der Waals surface area contributed by atoms with Gasteiger partial charge in [-0.05, 0) is 31.2 Å². The first-order valence-corrected chi connectivity index (χ1v) is 7.44. The van der Waals surface area contributed by atoms with E-state index >= 15 is 0 Å². The molecule has 2 heterocycles. The Labute approximate surface area is 140 Å². The highest BCUT2D eigenvalue weighted by Crippen LogP contribution is 2.41. The summed E-state index contributed by atoms with van der Waals surface area (Å²) in [7, 11) is 4.77. The summed E-state index contributed by atoms with van der Waals surface area (Å²) in [6, 6.07) is 7.73. The largest absolute Gasteiger partial charge is 0.493 e. The standard InChI is InChI=1S/C18H19N3O3/c1-12-5-6-14(11-20-12)21-8-7-19-18(21)13-9-15(22-2)17(24-4)16(10-13)23-3/h5-11H,1-4H3. The van der Waals surface area contributed by atoms with Gasteiger partial charge in [-0.15, -0.1) is 0 Å². The molecule has 0 amide bonds. The Balaban J connectivity index is 2.14. The van der Waals surface area contributed by atoms with Crippen LogP contribution in [0.15, 0.2) is 42.9 Å². The van der Waals surface area contributed by atoms with Crippen molar-refractivity contribution in [2.24, 2.45) is 0 Å². The molecule has 0 N–H and O–H groups in total. The van der Waals surface area contributed by atoms with Crippen molar-refractivity contribution in [2.75, 3.05) is 21.3 Å². The highest BCUT2D eigenvalue weighted by atomic mass is 16.5. The topological polar surface area (TPSA) is 58.4 Å². The summed E-state index contributed by atoms with van der Waals surface area (Å²) in [6.07, 6.45) is 5.46. The van der Waals surface area contributed by atoms with E-state index in [4.69, 9.17) is 14.2 Å². The van der Waals surface area contributed by atoms with Gasteiger partial charge in [0.15, 0.2) is 11.5 Å². The second-order valence-corrected chi connectivity index (χ2v) is 5.19. The van der Waals surface area contributed by atoms with Gasteiger partial charge >= 0.3 is 0 Å². The van der Waals surface area contributed by atoms with E-state index < -0.39 is 0 Å². The Morgan fingerprint density at radius 1 is 0.917 bits per heavy atom. The Morgan fingerprint density at radius 2 is 1.62 bits per heavy atom. The number of aromatic nitrogens is 3. The van der Waals surface area contributed by atoms with Crippen molar-refractivity contribution in [2.45, 2.75) is 6.92 Å². The van der Waals surface area contributed by atoms with Crippen LogP contribution in [0, 0.1) is 6.92 Å². The highest BCUT2D eigenvalue weighted by Gasteiger charge is 2.17. The number of benzene rings is 1. The van der Waals surface area contributed by atoms with Crippen LogP contribution in [0.4, 0.5) is 0 Å². The second-order valence-electron chi connectivity index (χ2n) is 5.19. The maximum atomic E-state index is 5.42. The van der Waals surface area contributed by atoms with Crippen molar-refractivity contribution < 1.29 is 14.2 Å². The minimum Gasteiger partial charge on any atom is -0.493 e. The number of imidazole rings is 1. The van der Waals surface area contributed by atoms with Crippen LogP contribution in [0.25, 0.3) is 17.1 Å². The van der Waals surface area contributed by atoms with Crippen molar-refractivity contribution in [1.82, 2.24) is 14.5 Å². The summed E-state index contributed by atoms with van der Waals surface area (Å²) in [5.74, 6) is 2.49. The van der Waals surface area contributed by atoms with Gasteiger partial charge in [-0.3, -0.25) is 9.55 Å². The zero-order valence-electron chi connectivity index (χ0n) is 14.1. The van der Waals surface area contributed by atoms with E-state index in [-0.39, 0.29) is 0 Å². The summed E-state index contributed by atoms with van der Waals surface area (Å²) >= 11 is 0. The minimum absolute atomic E-state index is 0.554. The lowest BCUT2D eigenvalue weighted by Crippen LogP contribution is -2.00. The summed E-state index contributed by atoms with van der Waals surface area (Å²) in [5, 5.41) is 0. The molecule has 3 aromatic rings. The quantitative estimate of drug-likeness (QED) is 0.720. The van der Waals surface area contributed by atoms with Gasteiger partial charge in [-0.1, -0.05) is 0 Å². The fourth-order valence-corrected chi connectivity index (χ4v) is 2.54. The zero-order chi connectivity index (χ0) is 17.1. The molecule has 1 aromatic carbocycles. The van der Waals surface area contributed by atoms with Crippen LogP contribution >= 0.6 is 0 Å². The fraction of sp³-hybridized carbons (Fsp3) is 0.222. The fourth-order valence-electron chi connectivity index (χ4n) is 2.54. The van der Waals surface area contributed by atoms with Crippen molar-refractivity contribution in [1.29, 1.82) is 0 Å². The molecule has 0 atom stereocenters. The van der Waals surface area contributed by atoms with Gasteiger partial charge in [0, 0.05) is 23.7 Å². The molecule has 3 rings (SSSR count). The van der Waals surface area contributed by atoms with E-state index in [1.54, 1.807) is 27.5 Å². The average Bonchev–Trinajstić information content (AvgIpc) is 3.10. The van der Waals surface area contributed by atoms with Crippen LogP contribution in [0.5, 0.6) is 17.2 Å². The average molecular weight is 325 g/mol. The molecule has 0 aliphatic rings. The molecule has 0 spiro atoms. The molecule has 0 saturated heterocycles. The number of hydrogen-bond donors (Lipinski definition) is 0. The molecule has 6 nitrogen and oxygen atoms in total. The Morgan fingerprint density at radius 3 is 2.17 bits per heavy atom. The van der Waals surface area contributed by atoms with Gasteiger partial charge in [0.05, 0.1) is 33.2 Å². The molecule has 0 aliphatic heterocycles. The van der Waals surface area contributed by atoms with Crippen LogP contribution in [-0.2, 0) is 0 Å². The van der Waals surface area contributed by atoms with Gasteiger partial charge in [-0.25, -0.2) is 4.98 Å². The number of aryl methyl sites for hydroxylation is 1. The summed E-state index contributed by atoms with van der Waals surface area (Å²) in [4.78, 5) is 8.82. The van der Waals surface area contributed by atoms with Gasteiger partial charge in [0.2, 0.25) is 5.75 Å². The number of methoxy groups -OCH3 is 3. The van der Waals surface area contributed by atoms with E-state index in [2.05, 4.69) is 9.97 Å². The summed E-state index contributed by atoms with van der Waals surface area (Å²) in [6.45, 7) is 1.96. The SMILES string of the molecule is COc1cc(-c2nccn2-c2ccc(C)nc2)cc(OC)c1OC. The Hall–Kier alpha value is -3.02. The van der Waals surface area contributed by atoms with Crippen LogP contribution < -0.4 is 14.2 Å². The third kappa shape index (κ3) is 2.78. The number of ether oxygens (including phenoxy) is 3. The second kappa shape index (κ2) is 6.62. The number of nitrogens with zero attached hydrogens (tertiary/aromatic N) is 3. The first kappa shape index (κ1) is 15.9. The molecule has 24 heavy (non-hydrogen) atoms. The van der Waals surface area contributed by atoms with Crippen LogP contribution in [0.1, 0.15) is 5.69 Å². The van der Waals surface area contributed by atoms with E-state index in [0.29, 0.717) is 17.2 Å². The number of hydrogen-bond acceptors (Lipinski definition) is 5. The molecule has 0 bridgehead atoms. The first-order valence-electron chi connectivity index (χ1n) is 7.44. The van der Waals surface area contributed by atoms with Crippen molar-refractivity contribution in [3.63, 3.8) is 0 Å². The highest BCUT2D eigenvalue weighted by molar-refractivity contribution is 5.68. The molecule has 0 unspecified atom stereocenters. The van der Waals surface area contributed by atoms with Crippen molar-refractivity contribution in [3.05, 3.63) is 48.5 Å². The summed E-state index contributed by atoms with van der Waals surface area (Å²) in [5.41, 5.74) is 2.75. The first-order chi connectivity index (χ1) is 11.7. The van der Waals surface area contributed by atoms with Gasteiger partial charge < -0.3 is 14.2 Å². The van der Waals surface area contributed by atoms with E-state index in [9.17, 15) is 0 Å². The van der Waals surface area contributed by atoms with Gasteiger partial charge in [0.1, 0.15) is 5.82 Å². The van der Waals surface area contributed by atoms with Crippen LogP contribution in [0.2, 0.25) is 0 Å². The monoisotopic (exact) mass is 325 g/mol. The molecule has 0 radical (unpaired) electrons. The lowest BCUT2D eigenvalue weighted by atomic mass is 10.1. The molecular weight excluding hydrogens is 306 g/mol. The summed E-state index contributed by atoms with van der Waals surface area (Å²) < 4.78 is 18.2. The molecule has 0 fully saturated rings. The predicted molar refractivity (Wildman–Crippen MR) is 91.2 cm³/mol. The number of pyridine rings is 1. The molecule has 6 heteroatoms. The maximum absolute atomic E-state index is 5.42. The predicted octanol–water partition coefficient (Wildman–Crippen LogP) is 3.27. The van der Waals surface area contributed by atoms with E-state index in [1.165, 1.54) is 0 Å². The minimum atomic E-state index is 0.554. The van der Waals surface area contributed by atoms with E-state index in [0.717, 1.165) is 22.8 Å². The van der Waals surface area contributed by atoms with Crippen molar-refractivity contribution >= 4 is 0 Å². The molecular formula is C18H19N3O3. The Bertz CT molecular complexity index is 816. The lowest BCUT2D eigenvalue weighted by molar-refractivity contribution is 0.324. The molecule has 0 saturated carbocycles. The van der Waals surface area contributed by atoms with Gasteiger partial charge in [-0.2, -0.15) is 0 Å². The smallest absolute Gasteiger partial charge is 0.203 e. The Kier molecular flexibility index (Phi) is 4.37. The molecule has 2 aromatic heterocycles. The molecule has 0 aliphatic carbocycles. The van der Waals surface area contributed by atoms with Crippen LogP contribution in [0.3, 0.4) is 0 Å². The zero-order valence-corrected chi connectivity index (χ0v) is 14.1. The molecule has 124 valence electrons. The van der Waals surface area contributed by atoms with E-state index in [1.807, 2.05) is 48.1 Å². The van der Waals surface area contributed by atoms with Crippen molar-refractivity contribution in [3.8, 4) is 34.3 Å². The lowest BCUT2D eigenvalue weighted by Gasteiger charge is -2.15. The van der Waals surface area contributed by atoms with Gasteiger partial charge in [0.25, 0.3) is 0 Å². The normalized spacial score (nSPS) is 10.5.